The van der Waals surface area contributed by atoms with E-state index in [1.54, 1.807) is 24.4 Å². The van der Waals surface area contributed by atoms with E-state index in [-0.39, 0.29) is 0 Å². The largest absolute Gasteiger partial charge is 0.493 e. The number of carboxylic acids is 1. The number of ether oxygens (including phenoxy) is 2. The van der Waals surface area contributed by atoms with Gasteiger partial charge >= 0.3 is 12.1 Å². The number of benzene rings is 2. The summed E-state index contributed by atoms with van der Waals surface area (Å²) in [5.74, 6) is -0.173. The number of alkyl halides is 3. The average molecular weight is 526 g/mol. The highest BCUT2D eigenvalue weighted by Crippen LogP contribution is 2.40. The second-order valence-corrected chi connectivity index (χ2v) is 8.64. The molecule has 0 saturated carbocycles. The van der Waals surface area contributed by atoms with Crippen molar-refractivity contribution in [2.45, 2.75) is 44.9 Å². The van der Waals surface area contributed by atoms with Crippen molar-refractivity contribution in [2.24, 2.45) is 0 Å². The zero-order valence-corrected chi connectivity index (χ0v) is 21.3. The Kier molecular flexibility index (Phi) is 9.71. The maximum Gasteiger partial charge on any atom is 0.416 e. The summed E-state index contributed by atoms with van der Waals surface area (Å²) in [5, 5.41) is 9.01. The van der Waals surface area contributed by atoms with E-state index >= 15 is 0 Å². The van der Waals surface area contributed by atoms with Gasteiger partial charge in [-0.05, 0) is 66.8 Å². The van der Waals surface area contributed by atoms with Crippen LogP contribution >= 0.6 is 0 Å². The Labute approximate surface area is 220 Å². The van der Waals surface area contributed by atoms with E-state index in [9.17, 15) is 18.0 Å². The van der Waals surface area contributed by atoms with Crippen LogP contribution in [0.3, 0.4) is 0 Å². The molecule has 2 aromatic carbocycles. The van der Waals surface area contributed by atoms with Gasteiger partial charge in [-0.3, -0.25) is 4.98 Å². The lowest BCUT2D eigenvalue weighted by atomic mass is 9.97. The van der Waals surface area contributed by atoms with E-state index in [2.05, 4.69) is 18.5 Å². The number of rotatable bonds is 12. The molecule has 3 aromatic rings. The molecule has 0 aliphatic carbocycles. The predicted octanol–water partition coefficient (Wildman–Crippen LogP) is 7.91. The zero-order valence-electron chi connectivity index (χ0n) is 21.3. The average Bonchev–Trinajstić information content (AvgIpc) is 2.90. The number of aliphatic carboxylic acids is 1. The SMILES string of the molecule is C=CCc1cc(/C=C/C(=O)O)cc(OC)c1O[C@@H](CCCC)c1ncccc1-c1ccc(C(F)(F)F)cc1. The Hall–Kier alpha value is -4.07. The maximum atomic E-state index is 13.1. The Morgan fingerprint density at radius 2 is 1.92 bits per heavy atom. The van der Waals surface area contributed by atoms with Gasteiger partial charge in [-0.2, -0.15) is 13.2 Å². The van der Waals surface area contributed by atoms with Crippen LogP contribution in [0.15, 0.2) is 73.5 Å². The quantitative estimate of drug-likeness (QED) is 0.192. The minimum atomic E-state index is -4.42. The lowest BCUT2D eigenvalue weighted by Crippen LogP contribution is -2.13. The number of hydrogen-bond donors (Lipinski definition) is 1. The van der Waals surface area contributed by atoms with Crippen LogP contribution in [0.4, 0.5) is 13.2 Å². The number of nitrogens with zero attached hydrogens (tertiary/aromatic N) is 1. The summed E-state index contributed by atoms with van der Waals surface area (Å²) in [6.45, 7) is 5.88. The second-order valence-electron chi connectivity index (χ2n) is 8.64. The lowest BCUT2D eigenvalue weighted by molar-refractivity contribution is -0.137. The fourth-order valence-corrected chi connectivity index (χ4v) is 4.08. The van der Waals surface area contributed by atoms with Gasteiger partial charge in [0.1, 0.15) is 6.10 Å². The Morgan fingerprint density at radius 3 is 2.53 bits per heavy atom. The number of unbranched alkanes of at least 4 members (excludes halogenated alkanes) is 1. The first-order valence-corrected chi connectivity index (χ1v) is 12.2. The monoisotopic (exact) mass is 525 g/mol. The van der Waals surface area contributed by atoms with Gasteiger partial charge in [0, 0.05) is 23.4 Å². The smallest absolute Gasteiger partial charge is 0.416 e. The minimum absolute atomic E-state index is 0.419. The molecule has 0 unspecified atom stereocenters. The zero-order chi connectivity index (χ0) is 27.7. The third kappa shape index (κ3) is 7.25. The van der Waals surface area contributed by atoms with Crippen LogP contribution in [0, 0.1) is 0 Å². The first-order chi connectivity index (χ1) is 18.2. The first kappa shape index (κ1) is 28.5. The Morgan fingerprint density at radius 1 is 1.18 bits per heavy atom. The summed E-state index contributed by atoms with van der Waals surface area (Å²) >= 11 is 0. The summed E-state index contributed by atoms with van der Waals surface area (Å²) in [4.78, 5) is 15.6. The van der Waals surface area contributed by atoms with Gasteiger partial charge in [0.05, 0.1) is 18.4 Å². The number of hydrogen-bond acceptors (Lipinski definition) is 4. The molecular formula is C30H30F3NO4. The molecule has 1 aromatic heterocycles. The van der Waals surface area contributed by atoms with E-state index in [1.165, 1.54) is 25.3 Å². The van der Waals surface area contributed by atoms with Crippen molar-refractivity contribution in [1.29, 1.82) is 0 Å². The molecular weight excluding hydrogens is 495 g/mol. The van der Waals surface area contributed by atoms with Crippen LogP contribution in [0.25, 0.3) is 17.2 Å². The van der Waals surface area contributed by atoms with Gasteiger partial charge in [-0.15, -0.1) is 6.58 Å². The van der Waals surface area contributed by atoms with Crippen molar-refractivity contribution in [3.8, 4) is 22.6 Å². The van der Waals surface area contributed by atoms with E-state index in [1.807, 2.05) is 12.1 Å². The number of methoxy groups -OCH3 is 1. The molecule has 0 aliphatic rings. The number of halogens is 3. The molecule has 1 heterocycles. The van der Waals surface area contributed by atoms with Gasteiger partial charge in [-0.25, -0.2) is 4.79 Å². The van der Waals surface area contributed by atoms with Crippen molar-refractivity contribution in [3.05, 3.63) is 95.8 Å². The van der Waals surface area contributed by atoms with E-state index in [0.29, 0.717) is 46.7 Å². The fraction of sp³-hybridized carbons (Fsp3) is 0.267. The number of carboxylic acid groups (broad SMARTS) is 1. The summed E-state index contributed by atoms with van der Waals surface area (Å²) in [7, 11) is 1.50. The van der Waals surface area contributed by atoms with Crippen molar-refractivity contribution in [1.82, 2.24) is 4.98 Å². The standard InChI is InChI=1S/C30H30F3NO4/c1-4-6-10-25(28-24(9-7-17-34-28)21-12-14-23(15-13-21)30(31,32)33)38-29-22(8-5-2)18-20(11-16-27(35)36)19-26(29)37-3/h5,7,9,11-19,25H,2,4,6,8,10H2,1,3H3,(H,35,36)/b16-11+/t25-/m0/s1. The molecule has 0 amide bonds. The van der Waals surface area contributed by atoms with E-state index < -0.39 is 23.8 Å². The predicted molar refractivity (Wildman–Crippen MR) is 141 cm³/mol. The molecule has 8 heteroatoms. The van der Waals surface area contributed by atoms with Gasteiger partial charge in [0.25, 0.3) is 0 Å². The van der Waals surface area contributed by atoms with Crippen LogP contribution < -0.4 is 9.47 Å². The Bertz CT molecular complexity index is 1280. The first-order valence-electron chi connectivity index (χ1n) is 12.2. The van der Waals surface area contributed by atoms with Gasteiger partial charge < -0.3 is 14.6 Å². The normalized spacial score (nSPS) is 12.3. The number of aromatic nitrogens is 1. The highest BCUT2D eigenvalue weighted by atomic mass is 19.4. The minimum Gasteiger partial charge on any atom is -0.493 e. The number of allylic oxidation sites excluding steroid dienone is 1. The lowest BCUT2D eigenvalue weighted by Gasteiger charge is -2.24. The molecule has 0 aliphatic heterocycles. The molecule has 0 saturated heterocycles. The van der Waals surface area contributed by atoms with Crippen molar-refractivity contribution in [2.75, 3.05) is 7.11 Å². The van der Waals surface area contributed by atoms with Crippen LogP contribution in [0.5, 0.6) is 11.5 Å². The van der Waals surface area contributed by atoms with Crippen molar-refractivity contribution < 1.29 is 32.5 Å². The molecule has 1 atom stereocenters. The van der Waals surface area contributed by atoms with Crippen LogP contribution in [-0.2, 0) is 17.4 Å². The van der Waals surface area contributed by atoms with Crippen LogP contribution in [0.2, 0.25) is 0 Å². The summed E-state index contributed by atoms with van der Waals surface area (Å²) in [5.41, 5.74) is 2.52. The second kappa shape index (κ2) is 12.9. The molecule has 0 fully saturated rings. The van der Waals surface area contributed by atoms with E-state index in [0.717, 1.165) is 36.6 Å². The molecule has 3 rings (SSSR count). The Balaban J connectivity index is 2.08. The molecule has 0 spiro atoms. The van der Waals surface area contributed by atoms with Crippen LogP contribution in [0.1, 0.15) is 54.7 Å². The number of pyridine rings is 1. The third-order valence-corrected chi connectivity index (χ3v) is 5.90. The van der Waals surface area contributed by atoms with Gasteiger partial charge in [0.15, 0.2) is 11.5 Å². The molecule has 5 nitrogen and oxygen atoms in total. The van der Waals surface area contributed by atoms with Gasteiger partial charge in [0.2, 0.25) is 0 Å². The number of carbonyl (C=O) groups is 1. The summed E-state index contributed by atoms with van der Waals surface area (Å²) < 4.78 is 51.5. The molecule has 0 radical (unpaired) electrons. The summed E-state index contributed by atoms with van der Waals surface area (Å²) in [6, 6.07) is 12.0. The highest BCUT2D eigenvalue weighted by molar-refractivity contribution is 5.85. The highest BCUT2D eigenvalue weighted by Gasteiger charge is 2.30. The van der Waals surface area contributed by atoms with E-state index in [4.69, 9.17) is 14.6 Å². The topological polar surface area (TPSA) is 68.7 Å². The third-order valence-electron chi connectivity index (χ3n) is 5.90. The van der Waals surface area contributed by atoms with Crippen molar-refractivity contribution in [3.63, 3.8) is 0 Å². The van der Waals surface area contributed by atoms with Crippen molar-refractivity contribution >= 4 is 12.0 Å². The summed E-state index contributed by atoms with van der Waals surface area (Å²) in [6.07, 6.45) is 3.68. The molecule has 200 valence electrons. The molecule has 38 heavy (non-hydrogen) atoms. The fourth-order valence-electron chi connectivity index (χ4n) is 4.08. The van der Waals surface area contributed by atoms with Crippen LogP contribution in [-0.4, -0.2) is 23.2 Å². The molecule has 0 bridgehead atoms. The molecule has 1 N–H and O–H groups in total. The maximum absolute atomic E-state index is 13.1. The van der Waals surface area contributed by atoms with Gasteiger partial charge in [-0.1, -0.05) is 37.6 Å².